The molecule has 1 aliphatic heterocycles. The molecule has 0 N–H and O–H groups in total. The van der Waals surface area contributed by atoms with Gasteiger partial charge in [-0.15, -0.1) is 0 Å². The largest absolute Gasteiger partial charge is 0.487 e. The number of carbonyl (C=O) groups is 2. The molecule has 1 amide bonds. The first-order chi connectivity index (χ1) is 13.1. The molecule has 142 valence electrons. The topological polar surface area (TPSA) is 46.6 Å². The van der Waals surface area contributed by atoms with E-state index in [9.17, 15) is 14.0 Å². The minimum Gasteiger partial charge on any atom is -0.487 e. The van der Waals surface area contributed by atoms with Gasteiger partial charge >= 0.3 is 0 Å². The lowest BCUT2D eigenvalue weighted by atomic mass is 10.0. The molecule has 2 aromatic rings. The highest BCUT2D eigenvalue weighted by atomic mass is 19.1. The number of rotatable bonds is 7. The molecule has 0 fully saturated rings. The number of ether oxygens (including phenoxy) is 1. The van der Waals surface area contributed by atoms with Gasteiger partial charge in [-0.1, -0.05) is 31.2 Å². The summed E-state index contributed by atoms with van der Waals surface area (Å²) in [6.07, 6.45) is 3.80. The van der Waals surface area contributed by atoms with Crippen LogP contribution < -0.4 is 9.64 Å². The predicted molar refractivity (Wildman–Crippen MR) is 103 cm³/mol. The highest BCUT2D eigenvalue weighted by Crippen LogP contribution is 2.37. The summed E-state index contributed by atoms with van der Waals surface area (Å²) in [6.45, 7) is 2.77. The summed E-state index contributed by atoms with van der Waals surface area (Å²) in [5.74, 6) is 0.410. The number of anilines is 1. The van der Waals surface area contributed by atoms with Gasteiger partial charge in [0.1, 0.15) is 24.5 Å². The Morgan fingerprint density at radius 2 is 2.15 bits per heavy atom. The van der Waals surface area contributed by atoms with Crippen LogP contribution in [0.4, 0.5) is 10.1 Å². The van der Waals surface area contributed by atoms with Crippen molar-refractivity contribution in [3.63, 3.8) is 0 Å². The predicted octanol–water partition coefficient (Wildman–Crippen LogP) is 4.23. The number of carbonyl (C=O) groups excluding carboxylic acids is 2. The Labute approximate surface area is 158 Å². The van der Waals surface area contributed by atoms with E-state index in [0.717, 1.165) is 30.4 Å². The zero-order valence-electron chi connectivity index (χ0n) is 15.5. The summed E-state index contributed by atoms with van der Waals surface area (Å²) in [6, 6.07) is 10.8. The number of amides is 1. The normalized spacial score (nSPS) is 13.2. The maximum absolute atomic E-state index is 14.2. The Bertz CT molecular complexity index is 834. The molecule has 0 unspecified atom stereocenters. The third-order valence-corrected chi connectivity index (χ3v) is 4.83. The molecule has 0 aliphatic carbocycles. The lowest BCUT2D eigenvalue weighted by Crippen LogP contribution is -2.35. The average Bonchev–Trinajstić information content (AvgIpc) is 2.70. The van der Waals surface area contributed by atoms with Crippen molar-refractivity contribution in [3.8, 4) is 5.75 Å². The fourth-order valence-electron chi connectivity index (χ4n) is 3.43. The van der Waals surface area contributed by atoms with Gasteiger partial charge in [-0.05, 0) is 48.1 Å². The van der Waals surface area contributed by atoms with E-state index in [1.54, 1.807) is 11.0 Å². The number of benzene rings is 2. The van der Waals surface area contributed by atoms with Crippen molar-refractivity contribution >= 4 is 17.9 Å². The number of halogens is 1. The van der Waals surface area contributed by atoms with Crippen LogP contribution >= 0.6 is 0 Å². The Morgan fingerprint density at radius 3 is 2.89 bits per heavy atom. The molecule has 4 nitrogen and oxygen atoms in total. The zero-order chi connectivity index (χ0) is 19.2. The van der Waals surface area contributed by atoms with Gasteiger partial charge in [0, 0.05) is 19.4 Å². The molecular formula is C22H24FNO3. The number of nitrogens with zero attached hydrogens (tertiary/aromatic N) is 1. The van der Waals surface area contributed by atoms with Crippen molar-refractivity contribution in [2.24, 2.45) is 0 Å². The van der Waals surface area contributed by atoms with E-state index in [0.29, 0.717) is 42.7 Å². The number of fused-ring (bicyclic) bond motifs is 1. The Balaban J connectivity index is 1.78. The minimum atomic E-state index is -0.323. The monoisotopic (exact) mass is 369 g/mol. The molecule has 3 rings (SSSR count). The minimum absolute atomic E-state index is 0.0811. The van der Waals surface area contributed by atoms with Crippen LogP contribution in [0.25, 0.3) is 0 Å². The summed E-state index contributed by atoms with van der Waals surface area (Å²) in [5.41, 5.74) is 3.20. The first kappa shape index (κ1) is 19.1. The van der Waals surface area contributed by atoms with Gasteiger partial charge in [0.25, 0.3) is 0 Å². The molecule has 27 heavy (non-hydrogen) atoms. The smallest absolute Gasteiger partial charge is 0.226 e. The number of aldehydes is 1. The highest BCUT2D eigenvalue weighted by molar-refractivity contribution is 5.96. The van der Waals surface area contributed by atoms with Crippen LogP contribution in [0.1, 0.15) is 42.9 Å². The van der Waals surface area contributed by atoms with Crippen LogP contribution in [0, 0.1) is 5.82 Å². The second-order valence-electron chi connectivity index (χ2n) is 6.69. The molecule has 2 aromatic carbocycles. The van der Waals surface area contributed by atoms with Crippen LogP contribution in [-0.4, -0.2) is 18.7 Å². The molecular weight excluding hydrogens is 345 g/mol. The molecule has 1 aliphatic rings. The summed E-state index contributed by atoms with van der Waals surface area (Å²) in [4.78, 5) is 24.6. The summed E-state index contributed by atoms with van der Waals surface area (Å²) < 4.78 is 20.1. The SMILES string of the molecule is CCC(=O)N1CCCc2cccc(OCc3ccc(CCC=O)c(F)c3)c21. The van der Waals surface area contributed by atoms with E-state index in [1.807, 2.05) is 31.2 Å². The van der Waals surface area contributed by atoms with Crippen molar-refractivity contribution in [1.82, 2.24) is 0 Å². The molecule has 0 radical (unpaired) electrons. The van der Waals surface area contributed by atoms with Gasteiger partial charge in [-0.25, -0.2) is 4.39 Å². The van der Waals surface area contributed by atoms with E-state index in [-0.39, 0.29) is 18.3 Å². The summed E-state index contributed by atoms with van der Waals surface area (Å²) in [7, 11) is 0. The van der Waals surface area contributed by atoms with E-state index in [4.69, 9.17) is 4.74 Å². The van der Waals surface area contributed by atoms with Crippen molar-refractivity contribution in [2.75, 3.05) is 11.4 Å². The molecule has 0 bridgehead atoms. The number of para-hydroxylation sites is 1. The lowest BCUT2D eigenvalue weighted by Gasteiger charge is -2.31. The Kier molecular flexibility index (Phi) is 6.22. The van der Waals surface area contributed by atoms with Crippen LogP contribution in [0.5, 0.6) is 5.75 Å². The van der Waals surface area contributed by atoms with Gasteiger partial charge in [-0.3, -0.25) is 4.79 Å². The first-order valence-corrected chi connectivity index (χ1v) is 9.40. The Morgan fingerprint density at radius 1 is 1.30 bits per heavy atom. The number of hydrogen-bond donors (Lipinski definition) is 0. The van der Waals surface area contributed by atoms with E-state index in [2.05, 4.69) is 0 Å². The van der Waals surface area contributed by atoms with Crippen LogP contribution in [0.3, 0.4) is 0 Å². The van der Waals surface area contributed by atoms with Gasteiger partial charge in [0.2, 0.25) is 5.91 Å². The maximum Gasteiger partial charge on any atom is 0.226 e. The van der Waals surface area contributed by atoms with Gasteiger partial charge in [-0.2, -0.15) is 0 Å². The quantitative estimate of drug-likeness (QED) is 0.687. The van der Waals surface area contributed by atoms with Crippen LogP contribution in [0.2, 0.25) is 0 Å². The molecule has 0 saturated carbocycles. The molecule has 0 atom stereocenters. The van der Waals surface area contributed by atoms with Gasteiger partial charge in [0.15, 0.2) is 0 Å². The van der Waals surface area contributed by atoms with E-state index < -0.39 is 0 Å². The van der Waals surface area contributed by atoms with Gasteiger partial charge in [0.05, 0.1) is 5.69 Å². The fourth-order valence-corrected chi connectivity index (χ4v) is 3.43. The maximum atomic E-state index is 14.2. The van der Waals surface area contributed by atoms with Gasteiger partial charge < -0.3 is 14.4 Å². The van der Waals surface area contributed by atoms with Crippen LogP contribution in [0.15, 0.2) is 36.4 Å². The standard InChI is InChI=1S/C22H24FNO3/c1-2-21(26)24-12-4-7-18-6-3-9-20(22(18)24)27-15-16-10-11-17(8-5-13-25)19(23)14-16/h3,6,9-11,13-14H,2,4-5,7-8,12,15H2,1H3. The molecule has 0 aromatic heterocycles. The van der Waals surface area contributed by atoms with Crippen molar-refractivity contribution < 1.29 is 18.7 Å². The summed E-state index contributed by atoms with van der Waals surface area (Å²) >= 11 is 0. The average molecular weight is 369 g/mol. The fraction of sp³-hybridized carbons (Fsp3) is 0.364. The second kappa shape index (κ2) is 8.80. The second-order valence-corrected chi connectivity index (χ2v) is 6.69. The van der Waals surface area contributed by atoms with Crippen molar-refractivity contribution in [1.29, 1.82) is 0 Å². The van der Waals surface area contributed by atoms with Crippen molar-refractivity contribution in [3.05, 3.63) is 58.9 Å². The lowest BCUT2D eigenvalue weighted by molar-refractivity contribution is -0.118. The highest BCUT2D eigenvalue weighted by Gasteiger charge is 2.25. The van der Waals surface area contributed by atoms with E-state index >= 15 is 0 Å². The first-order valence-electron chi connectivity index (χ1n) is 9.40. The van der Waals surface area contributed by atoms with Crippen molar-refractivity contribution in [2.45, 2.75) is 45.6 Å². The Hall–Kier alpha value is -2.69. The van der Waals surface area contributed by atoms with E-state index in [1.165, 1.54) is 6.07 Å². The summed E-state index contributed by atoms with van der Waals surface area (Å²) in [5, 5.41) is 0. The number of hydrogen-bond acceptors (Lipinski definition) is 3. The third kappa shape index (κ3) is 4.35. The molecule has 1 heterocycles. The number of aryl methyl sites for hydroxylation is 2. The van der Waals surface area contributed by atoms with Crippen LogP contribution in [-0.2, 0) is 29.0 Å². The molecule has 5 heteroatoms. The molecule has 0 saturated heterocycles. The molecule has 0 spiro atoms. The third-order valence-electron chi connectivity index (χ3n) is 4.83. The zero-order valence-corrected chi connectivity index (χ0v) is 15.5.